The maximum atomic E-state index is 13.1. The van der Waals surface area contributed by atoms with Gasteiger partial charge < -0.3 is 10.0 Å². The highest BCUT2D eigenvalue weighted by molar-refractivity contribution is 5.87. The Morgan fingerprint density at radius 2 is 1.81 bits per heavy atom. The summed E-state index contributed by atoms with van der Waals surface area (Å²) in [6, 6.07) is 8.43. The Morgan fingerprint density at radius 1 is 1.19 bits per heavy atom. The van der Waals surface area contributed by atoms with E-state index in [0.29, 0.717) is 13.1 Å². The average Bonchev–Trinajstić information content (AvgIpc) is 3.18. The molecule has 0 radical (unpaired) electrons. The third-order valence-corrected chi connectivity index (χ3v) is 5.59. The third-order valence-electron chi connectivity index (χ3n) is 5.59. The van der Waals surface area contributed by atoms with Gasteiger partial charge in [0.25, 0.3) is 0 Å². The number of carbonyl (C=O) groups is 2. The van der Waals surface area contributed by atoms with Crippen molar-refractivity contribution in [2.24, 2.45) is 0 Å². The molecule has 1 saturated heterocycles. The molecule has 0 bridgehead atoms. The predicted octanol–water partition coefficient (Wildman–Crippen LogP) is 3.29. The second kappa shape index (κ2) is 7.55. The SMILES string of the molecule is CCc1ccc(C(C)(C)C(=O)N2CCC(n3cc(C(=O)O)cn3)CC2)cc1. The zero-order chi connectivity index (χ0) is 19.6. The zero-order valence-electron chi connectivity index (χ0n) is 16.2. The highest BCUT2D eigenvalue weighted by Crippen LogP contribution is 2.30. The van der Waals surface area contributed by atoms with Crippen molar-refractivity contribution in [1.82, 2.24) is 14.7 Å². The van der Waals surface area contributed by atoms with Gasteiger partial charge >= 0.3 is 5.97 Å². The number of hydrogen-bond acceptors (Lipinski definition) is 3. The molecule has 0 spiro atoms. The fourth-order valence-electron chi connectivity index (χ4n) is 3.66. The number of carbonyl (C=O) groups excluding carboxylic acids is 1. The van der Waals surface area contributed by atoms with E-state index < -0.39 is 11.4 Å². The van der Waals surface area contributed by atoms with Gasteiger partial charge in [-0.15, -0.1) is 0 Å². The van der Waals surface area contributed by atoms with E-state index >= 15 is 0 Å². The fraction of sp³-hybridized carbons (Fsp3) is 0.476. The van der Waals surface area contributed by atoms with Crippen molar-refractivity contribution in [3.63, 3.8) is 0 Å². The summed E-state index contributed by atoms with van der Waals surface area (Å²) < 4.78 is 1.72. The molecule has 1 aromatic carbocycles. The fourth-order valence-corrected chi connectivity index (χ4v) is 3.66. The van der Waals surface area contributed by atoms with Crippen molar-refractivity contribution in [3.05, 3.63) is 53.3 Å². The molecule has 0 unspecified atom stereocenters. The van der Waals surface area contributed by atoms with Gasteiger partial charge in [0.05, 0.1) is 23.2 Å². The smallest absolute Gasteiger partial charge is 0.338 e. The van der Waals surface area contributed by atoms with Crippen LogP contribution in [0.15, 0.2) is 36.7 Å². The highest BCUT2D eigenvalue weighted by Gasteiger charge is 2.35. The molecule has 0 atom stereocenters. The lowest BCUT2D eigenvalue weighted by molar-refractivity contribution is -0.137. The summed E-state index contributed by atoms with van der Waals surface area (Å²) in [6.45, 7) is 7.39. The van der Waals surface area contributed by atoms with Crippen LogP contribution in [0.1, 0.15) is 61.1 Å². The van der Waals surface area contributed by atoms with Gasteiger partial charge in [-0.1, -0.05) is 31.2 Å². The van der Waals surface area contributed by atoms with Gasteiger partial charge in [0.15, 0.2) is 0 Å². The molecule has 1 N–H and O–H groups in total. The quantitative estimate of drug-likeness (QED) is 0.877. The number of benzene rings is 1. The minimum Gasteiger partial charge on any atom is -0.478 e. The summed E-state index contributed by atoms with van der Waals surface area (Å²) in [7, 11) is 0. The van der Waals surface area contributed by atoms with E-state index in [1.165, 1.54) is 11.8 Å². The number of amides is 1. The molecule has 1 aromatic heterocycles. The Hall–Kier alpha value is -2.63. The first kappa shape index (κ1) is 19.1. The molecule has 6 heteroatoms. The normalized spacial score (nSPS) is 15.7. The molecular weight excluding hydrogens is 342 g/mol. The summed E-state index contributed by atoms with van der Waals surface area (Å²) in [5, 5.41) is 13.2. The van der Waals surface area contributed by atoms with Crippen molar-refractivity contribution in [1.29, 1.82) is 0 Å². The van der Waals surface area contributed by atoms with Crippen LogP contribution in [0.2, 0.25) is 0 Å². The van der Waals surface area contributed by atoms with Crippen molar-refractivity contribution >= 4 is 11.9 Å². The van der Waals surface area contributed by atoms with E-state index in [0.717, 1.165) is 24.8 Å². The molecule has 2 heterocycles. The molecule has 1 amide bonds. The number of aromatic carboxylic acids is 1. The van der Waals surface area contributed by atoms with Crippen LogP contribution in [0.4, 0.5) is 0 Å². The van der Waals surface area contributed by atoms with E-state index in [1.807, 2.05) is 18.7 Å². The standard InChI is InChI=1S/C21H27N3O3/c1-4-15-5-7-17(8-6-15)21(2,3)20(27)23-11-9-18(10-12-23)24-14-16(13-22-24)19(25)26/h5-8,13-14,18H,4,9-12H2,1-3H3,(H,25,26). The molecule has 1 aliphatic heterocycles. The second-order valence-corrected chi connectivity index (χ2v) is 7.71. The Bertz CT molecular complexity index is 815. The van der Waals surface area contributed by atoms with Crippen LogP contribution < -0.4 is 0 Å². The number of piperidine rings is 1. The molecule has 0 aliphatic carbocycles. The van der Waals surface area contributed by atoms with Gasteiger partial charge in [-0.3, -0.25) is 9.48 Å². The highest BCUT2D eigenvalue weighted by atomic mass is 16.4. The number of likely N-dealkylation sites (tertiary alicyclic amines) is 1. The average molecular weight is 369 g/mol. The lowest BCUT2D eigenvalue weighted by Crippen LogP contribution is -2.47. The number of nitrogens with zero attached hydrogens (tertiary/aromatic N) is 3. The largest absolute Gasteiger partial charge is 0.478 e. The van der Waals surface area contributed by atoms with Gasteiger partial charge in [0.2, 0.25) is 5.91 Å². The Morgan fingerprint density at radius 3 is 2.33 bits per heavy atom. The molecule has 144 valence electrons. The maximum absolute atomic E-state index is 13.1. The first-order chi connectivity index (χ1) is 12.8. The Labute approximate surface area is 159 Å². The number of carboxylic acids is 1. The molecule has 0 saturated carbocycles. The van der Waals surface area contributed by atoms with Gasteiger partial charge in [0.1, 0.15) is 0 Å². The predicted molar refractivity (Wildman–Crippen MR) is 103 cm³/mol. The topological polar surface area (TPSA) is 75.4 Å². The third kappa shape index (κ3) is 3.89. The van der Waals surface area contributed by atoms with Crippen molar-refractivity contribution in [3.8, 4) is 0 Å². The first-order valence-electron chi connectivity index (χ1n) is 9.49. The summed E-state index contributed by atoms with van der Waals surface area (Å²) in [5.74, 6) is -0.832. The van der Waals surface area contributed by atoms with Gasteiger partial charge in [0, 0.05) is 19.3 Å². The van der Waals surface area contributed by atoms with Gasteiger partial charge in [-0.05, 0) is 44.2 Å². The number of hydrogen-bond donors (Lipinski definition) is 1. The van der Waals surface area contributed by atoms with E-state index in [4.69, 9.17) is 5.11 Å². The minimum absolute atomic E-state index is 0.133. The van der Waals surface area contributed by atoms with Crippen LogP contribution in [0, 0.1) is 0 Å². The number of aryl methyl sites for hydroxylation is 1. The second-order valence-electron chi connectivity index (χ2n) is 7.71. The van der Waals surface area contributed by atoms with Crippen LogP contribution >= 0.6 is 0 Å². The zero-order valence-corrected chi connectivity index (χ0v) is 16.2. The lowest BCUT2D eigenvalue weighted by atomic mass is 9.82. The van der Waals surface area contributed by atoms with Crippen molar-refractivity contribution in [2.45, 2.75) is 51.5 Å². The van der Waals surface area contributed by atoms with Crippen molar-refractivity contribution in [2.75, 3.05) is 13.1 Å². The first-order valence-corrected chi connectivity index (χ1v) is 9.49. The number of aromatic nitrogens is 2. The number of carboxylic acid groups (broad SMARTS) is 1. The van der Waals surface area contributed by atoms with Crippen LogP contribution in [0.25, 0.3) is 0 Å². The van der Waals surface area contributed by atoms with Crippen LogP contribution in [-0.4, -0.2) is 44.8 Å². The molecule has 27 heavy (non-hydrogen) atoms. The van der Waals surface area contributed by atoms with Gasteiger partial charge in [-0.2, -0.15) is 5.10 Å². The minimum atomic E-state index is -0.968. The van der Waals surface area contributed by atoms with Crippen LogP contribution in [0.5, 0.6) is 0 Å². The van der Waals surface area contributed by atoms with Gasteiger partial charge in [-0.25, -0.2) is 4.79 Å². The van der Waals surface area contributed by atoms with E-state index in [1.54, 1.807) is 10.9 Å². The summed E-state index contributed by atoms with van der Waals surface area (Å²) in [6.07, 6.45) is 5.49. The summed E-state index contributed by atoms with van der Waals surface area (Å²) in [5.41, 5.74) is 1.93. The summed E-state index contributed by atoms with van der Waals surface area (Å²) >= 11 is 0. The maximum Gasteiger partial charge on any atom is 0.338 e. The van der Waals surface area contributed by atoms with E-state index in [-0.39, 0.29) is 17.5 Å². The van der Waals surface area contributed by atoms with Crippen molar-refractivity contribution < 1.29 is 14.7 Å². The monoisotopic (exact) mass is 369 g/mol. The Balaban J connectivity index is 1.65. The lowest BCUT2D eigenvalue weighted by Gasteiger charge is -2.37. The van der Waals surface area contributed by atoms with Crippen LogP contribution in [-0.2, 0) is 16.6 Å². The number of rotatable bonds is 5. The molecule has 2 aromatic rings. The molecular formula is C21H27N3O3. The molecule has 3 rings (SSSR count). The van der Waals surface area contributed by atoms with E-state index in [9.17, 15) is 9.59 Å². The van der Waals surface area contributed by atoms with E-state index in [2.05, 4.69) is 36.3 Å². The summed E-state index contributed by atoms with van der Waals surface area (Å²) in [4.78, 5) is 26.1. The van der Waals surface area contributed by atoms with Crippen LogP contribution in [0.3, 0.4) is 0 Å². The Kier molecular flexibility index (Phi) is 5.35. The molecule has 1 fully saturated rings. The molecule has 1 aliphatic rings. The molecule has 6 nitrogen and oxygen atoms in total.